The van der Waals surface area contributed by atoms with Crippen LogP contribution < -0.4 is 10.1 Å². The predicted octanol–water partition coefficient (Wildman–Crippen LogP) is 5.13. The second-order valence-electron chi connectivity index (χ2n) is 6.70. The first-order valence-electron chi connectivity index (χ1n) is 9.96. The van der Waals surface area contributed by atoms with Crippen LogP contribution in [0.2, 0.25) is 0 Å². The Labute approximate surface area is 188 Å². The van der Waals surface area contributed by atoms with Gasteiger partial charge in [-0.25, -0.2) is 4.79 Å². The normalized spacial score (nSPS) is 10.7. The molecule has 3 aromatic rings. The summed E-state index contributed by atoms with van der Waals surface area (Å²) in [6.07, 6.45) is 1.25. The molecule has 0 bridgehead atoms. The molecule has 0 aliphatic carbocycles. The fourth-order valence-corrected chi connectivity index (χ4v) is 3.67. The third-order valence-corrected chi connectivity index (χ3v) is 5.03. The van der Waals surface area contributed by atoms with Crippen molar-refractivity contribution in [3.63, 3.8) is 0 Å². The van der Waals surface area contributed by atoms with Crippen LogP contribution in [0.15, 0.2) is 51.6 Å². The summed E-state index contributed by atoms with van der Waals surface area (Å²) in [6, 6.07) is 11.3. The number of hydrogen-bond acceptors (Lipinski definition) is 6. The van der Waals surface area contributed by atoms with Gasteiger partial charge in [0.05, 0.1) is 30.4 Å². The van der Waals surface area contributed by atoms with Gasteiger partial charge >= 0.3 is 12.1 Å². The summed E-state index contributed by atoms with van der Waals surface area (Å²) in [4.78, 5) is 23.6. The minimum atomic E-state index is -0.487. The predicted molar refractivity (Wildman–Crippen MR) is 119 cm³/mol. The Bertz CT molecular complexity index is 1060. The molecule has 0 spiro atoms. The maximum atomic E-state index is 12.0. The zero-order valence-corrected chi connectivity index (χ0v) is 19.0. The van der Waals surface area contributed by atoms with Crippen molar-refractivity contribution in [2.45, 2.75) is 33.4 Å². The van der Waals surface area contributed by atoms with Crippen LogP contribution in [0.25, 0.3) is 11.0 Å². The highest BCUT2D eigenvalue weighted by Gasteiger charge is 2.13. The number of carbonyl (C=O) groups is 2. The number of nitrogens with one attached hydrogen (secondary N) is 1. The van der Waals surface area contributed by atoms with Crippen LogP contribution >= 0.6 is 15.9 Å². The molecule has 7 nitrogen and oxygen atoms in total. The molecule has 2 aromatic carbocycles. The summed E-state index contributed by atoms with van der Waals surface area (Å²) in [5, 5.41) is 3.65. The Morgan fingerprint density at radius 3 is 2.61 bits per heavy atom. The molecule has 0 saturated carbocycles. The summed E-state index contributed by atoms with van der Waals surface area (Å²) in [6.45, 7) is 4.70. The molecule has 8 heteroatoms. The largest absolute Gasteiger partial charge is 0.489 e. The van der Waals surface area contributed by atoms with E-state index < -0.39 is 6.09 Å². The average molecular weight is 490 g/mol. The highest BCUT2D eigenvalue weighted by atomic mass is 79.9. The molecular weight excluding hydrogens is 466 g/mol. The van der Waals surface area contributed by atoms with Crippen molar-refractivity contribution in [3.05, 3.63) is 63.8 Å². The van der Waals surface area contributed by atoms with Crippen molar-refractivity contribution in [3.8, 4) is 5.75 Å². The molecule has 0 unspecified atom stereocenters. The van der Waals surface area contributed by atoms with Crippen molar-refractivity contribution < 1.29 is 28.2 Å². The number of rotatable bonds is 9. The lowest BCUT2D eigenvalue weighted by Gasteiger charge is -2.14. The van der Waals surface area contributed by atoms with Crippen LogP contribution in [-0.4, -0.2) is 25.3 Å². The van der Waals surface area contributed by atoms with E-state index in [9.17, 15) is 9.59 Å². The van der Waals surface area contributed by atoms with Gasteiger partial charge < -0.3 is 23.9 Å². The molecule has 31 heavy (non-hydrogen) atoms. The van der Waals surface area contributed by atoms with E-state index in [1.165, 1.54) is 0 Å². The lowest BCUT2D eigenvalue weighted by atomic mass is 10.1. The smallest absolute Gasteiger partial charge is 0.407 e. The first-order chi connectivity index (χ1) is 15.0. The Kier molecular flexibility index (Phi) is 7.94. The molecular formula is C23H24BrNO6. The third kappa shape index (κ3) is 6.24. The molecule has 1 heterocycles. The second-order valence-corrected chi connectivity index (χ2v) is 7.56. The van der Waals surface area contributed by atoms with Gasteiger partial charge in [-0.3, -0.25) is 4.79 Å². The van der Waals surface area contributed by atoms with E-state index in [1.807, 2.05) is 36.4 Å². The number of hydrogen-bond donors (Lipinski definition) is 1. The number of fused-ring (bicyclic) bond motifs is 1. The molecule has 0 atom stereocenters. The van der Waals surface area contributed by atoms with E-state index >= 15 is 0 Å². The van der Waals surface area contributed by atoms with Gasteiger partial charge in [-0.2, -0.15) is 0 Å². The maximum absolute atomic E-state index is 12.0. The zero-order valence-electron chi connectivity index (χ0n) is 17.4. The molecule has 0 fully saturated rings. The van der Waals surface area contributed by atoms with Gasteiger partial charge in [-0.1, -0.05) is 12.1 Å². The summed E-state index contributed by atoms with van der Waals surface area (Å²) in [7, 11) is 0. The number of carbonyl (C=O) groups excluding carboxylic acids is 2. The number of esters is 1. The molecule has 0 aliphatic heterocycles. The molecule has 0 aliphatic rings. The fraction of sp³-hybridized carbons (Fsp3) is 0.304. The van der Waals surface area contributed by atoms with Crippen LogP contribution in [0.3, 0.4) is 0 Å². The van der Waals surface area contributed by atoms with Gasteiger partial charge in [-0.05, 0) is 65.2 Å². The number of furan rings is 1. The number of benzene rings is 2. The topological polar surface area (TPSA) is 87.0 Å². The number of halogens is 1. The van der Waals surface area contributed by atoms with Crippen LogP contribution in [0.5, 0.6) is 5.75 Å². The van der Waals surface area contributed by atoms with Crippen molar-refractivity contribution in [1.82, 2.24) is 5.32 Å². The molecule has 1 amide bonds. The Balaban J connectivity index is 1.78. The SMILES string of the molecule is CCOC(=O)Cc1ccc(CNC(=O)OCC)cc1OCc1cc(Br)c2occc2c1. The lowest BCUT2D eigenvalue weighted by Crippen LogP contribution is -2.23. The van der Waals surface area contributed by atoms with Crippen LogP contribution in [0, 0.1) is 0 Å². The monoisotopic (exact) mass is 489 g/mol. The first-order valence-corrected chi connectivity index (χ1v) is 10.8. The minimum absolute atomic E-state index is 0.0964. The summed E-state index contributed by atoms with van der Waals surface area (Å²) in [5.41, 5.74) is 3.25. The number of amides is 1. The van der Waals surface area contributed by atoms with Gasteiger partial charge in [0.25, 0.3) is 0 Å². The summed E-state index contributed by atoms with van der Waals surface area (Å²) in [5.74, 6) is 0.229. The first kappa shape index (κ1) is 22.7. The Morgan fingerprint density at radius 1 is 1.03 bits per heavy atom. The van der Waals surface area contributed by atoms with Crippen LogP contribution in [0.4, 0.5) is 4.79 Å². The van der Waals surface area contributed by atoms with Crippen molar-refractivity contribution in [2.24, 2.45) is 0 Å². The van der Waals surface area contributed by atoms with E-state index in [0.717, 1.165) is 26.6 Å². The van der Waals surface area contributed by atoms with Crippen molar-refractivity contribution >= 4 is 39.0 Å². The Hall–Kier alpha value is -3.00. The van der Waals surface area contributed by atoms with Crippen LogP contribution in [0.1, 0.15) is 30.5 Å². The van der Waals surface area contributed by atoms with Gasteiger partial charge in [0.1, 0.15) is 17.9 Å². The van der Waals surface area contributed by atoms with Crippen molar-refractivity contribution in [2.75, 3.05) is 13.2 Å². The van der Waals surface area contributed by atoms with Crippen LogP contribution in [-0.2, 0) is 33.8 Å². The van der Waals surface area contributed by atoms with E-state index in [4.69, 9.17) is 18.6 Å². The molecule has 1 aromatic heterocycles. The second kappa shape index (κ2) is 10.9. The van der Waals surface area contributed by atoms with E-state index in [-0.39, 0.29) is 18.9 Å². The summed E-state index contributed by atoms with van der Waals surface area (Å²) < 4.78 is 22.3. The van der Waals surface area contributed by atoms with Gasteiger partial charge in [0.2, 0.25) is 0 Å². The molecule has 164 valence electrons. The van der Waals surface area contributed by atoms with E-state index in [1.54, 1.807) is 20.1 Å². The van der Waals surface area contributed by atoms with Gasteiger partial charge in [0.15, 0.2) is 0 Å². The standard InChI is InChI=1S/C23H24BrNO6/c1-3-28-21(26)12-17-6-5-15(13-25-23(27)29-4-2)11-20(17)31-14-16-9-18-7-8-30-22(18)19(24)10-16/h5-11H,3-4,12-14H2,1-2H3,(H,25,27). The van der Waals surface area contributed by atoms with E-state index in [0.29, 0.717) is 31.1 Å². The molecule has 3 rings (SSSR count). The molecule has 0 radical (unpaired) electrons. The highest BCUT2D eigenvalue weighted by molar-refractivity contribution is 9.10. The number of alkyl carbamates (subject to hydrolysis) is 1. The van der Waals surface area contributed by atoms with E-state index in [2.05, 4.69) is 21.2 Å². The zero-order chi connectivity index (χ0) is 22.2. The maximum Gasteiger partial charge on any atom is 0.407 e. The summed E-state index contributed by atoms with van der Waals surface area (Å²) >= 11 is 3.51. The minimum Gasteiger partial charge on any atom is -0.489 e. The quantitative estimate of drug-likeness (QED) is 0.419. The van der Waals surface area contributed by atoms with Gasteiger partial charge in [-0.15, -0.1) is 0 Å². The highest BCUT2D eigenvalue weighted by Crippen LogP contribution is 2.28. The third-order valence-electron chi connectivity index (χ3n) is 4.44. The molecule has 1 N–H and O–H groups in total. The lowest BCUT2D eigenvalue weighted by molar-refractivity contribution is -0.142. The van der Waals surface area contributed by atoms with Crippen molar-refractivity contribution in [1.29, 1.82) is 0 Å². The fourth-order valence-electron chi connectivity index (χ4n) is 3.05. The number of ether oxygens (including phenoxy) is 3. The average Bonchev–Trinajstić information content (AvgIpc) is 3.21. The Morgan fingerprint density at radius 2 is 1.84 bits per heavy atom. The van der Waals surface area contributed by atoms with Gasteiger partial charge in [0, 0.05) is 17.5 Å². The molecule has 0 saturated heterocycles.